The second kappa shape index (κ2) is 10.1. The van der Waals surface area contributed by atoms with Crippen LogP contribution in [0.15, 0.2) is 52.1 Å². The van der Waals surface area contributed by atoms with Crippen molar-refractivity contribution in [3.8, 4) is 0 Å². The van der Waals surface area contributed by atoms with Gasteiger partial charge in [0.1, 0.15) is 5.76 Å². The highest BCUT2D eigenvalue weighted by molar-refractivity contribution is 5.79. The van der Waals surface area contributed by atoms with E-state index in [-0.39, 0.29) is 6.04 Å². The number of rotatable bonds is 8. The molecule has 1 aliphatic heterocycles. The van der Waals surface area contributed by atoms with Crippen LogP contribution in [0.1, 0.15) is 35.8 Å². The third-order valence-corrected chi connectivity index (χ3v) is 4.93. The van der Waals surface area contributed by atoms with Crippen molar-refractivity contribution >= 4 is 5.96 Å². The summed E-state index contributed by atoms with van der Waals surface area (Å²) in [5.74, 6) is 1.81. The van der Waals surface area contributed by atoms with Gasteiger partial charge in [-0.3, -0.25) is 9.89 Å². The van der Waals surface area contributed by atoms with E-state index >= 15 is 0 Å². The average molecular weight is 370 g/mol. The molecule has 6 nitrogen and oxygen atoms in total. The Hall–Kier alpha value is -2.31. The van der Waals surface area contributed by atoms with Crippen LogP contribution in [0.2, 0.25) is 0 Å². The van der Waals surface area contributed by atoms with Crippen molar-refractivity contribution < 1.29 is 9.15 Å². The zero-order valence-corrected chi connectivity index (χ0v) is 16.3. The number of nitrogens with one attached hydrogen (secondary N) is 2. The molecule has 1 unspecified atom stereocenters. The molecule has 1 saturated heterocycles. The van der Waals surface area contributed by atoms with E-state index in [1.807, 2.05) is 6.07 Å². The first kappa shape index (κ1) is 19.5. The van der Waals surface area contributed by atoms with Gasteiger partial charge in [-0.05, 0) is 49.2 Å². The second-order valence-electron chi connectivity index (χ2n) is 6.83. The Morgan fingerprint density at radius 1 is 1.15 bits per heavy atom. The van der Waals surface area contributed by atoms with Crippen molar-refractivity contribution in [3.63, 3.8) is 0 Å². The molecule has 146 valence electrons. The second-order valence-corrected chi connectivity index (χ2v) is 6.83. The molecule has 1 fully saturated rings. The molecule has 6 heteroatoms. The SMILES string of the molecule is CN=C(NCc1ccc(COC)cc1)NCC(c1ccco1)N1CCCC1. The molecule has 0 saturated carbocycles. The van der Waals surface area contributed by atoms with Gasteiger partial charge < -0.3 is 19.8 Å². The van der Waals surface area contributed by atoms with Crippen molar-refractivity contribution in [2.24, 2.45) is 4.99 Å². The zero-order valence-electron chi connectivity index (χ0n) is 16.3. The Balaban J connectivity index is 1.53. The summed E-state index contributed by atoms with van der Waals surface area (Å²) in [6.45, 7) is 4.36. The Kier molecular flexibility index (Phi) is 7.30. The van der Waals surface area contributed by atoms with Crippen molar-refractivity contribution in [1.82, 2.24) is 15.5 Å². The van der Waals surface area contributed by atoms with Gasteiger partial charge >= 0.3 is 0 Å². The van der Waals surface area contributed by atoms with E-state index in [0.29, 0.717) is 6.61 Å². The fraction of sp³-hybridized carbons (Fsp3) is 0.476. The van der Waals surface area contributed by atoms with E-state index in [1.54, 1.807) is 20.4 Å². The lowest BCUT2D eigenvalue weighted by Gasteiger charge is -2.26. The fourth-order valence-electron chi connectivity index (χ4n) is 3.46. The Morgan fingerprint density at radius 2 is 1.89 bits per heavy atom. The Labute approximate surface area is 161 Å². The minimum absolute atomic E-state index is 0.231. The number of furan rings is 1. The summed E-state index contributed by atoms with van der Waals surface area (Å²) in [5, 5.41) is 6.84. The highest BCUT2D eigenvalue weighted by Crippen LogP contribution is 2.24. The zero-order chi connectivity index (χ0) is 18.9. The Bertz CT molecular complexity index is 691. The van der Waals surface area contributed by atoms with Crippen LogP contribution in [-0.2, 0) is 17.9 Å². The number of likely N-dealkylation sites (tertiary alicyclic amines) is 1. The van der Waals surface area contributed by atoms with Gasteiger partial charge in [0.25, 0.3) is 0 Å². The number of guanidine groups is 1. The van der Waals surface area contributed by atoms with Crippen LogP contribution in [0.25, 0.3) is 0 Å². The summed E-state index contributed by atoms with van der Waals surface area (Å²) >= 11 is 0. The van der Waals surface area contributed by atoms with Gasteiger partial charge in [0.2, 0.25) is 0 Å². The van der Waals surface area contributed by atoms with Gasteiger partial charge in [0.15, 0.2) is 5.96 Å². The largest absolute Gasteiger partial charge is 0.468 e. The van der Waals surface area contributed by atoms with Crippen LogP contribution in [0, 0.1) is 0 Å². The van der Waals surface area contributed by atoms with E-state index in [0.717, 1.165) is 37.9 Å². The molecule has 27 heavy (non-hydrogen) atoms. The van der Waals surface area contributed by atoms with E-state index in [1.165, 1.54) is 24.0 Å². The summed E-state index contributed by atoms with van der Waals surface area (Å²) in [5.41, 5.74) is 2.38. The minimum Gasteiger partial charge on any atom is -0.468 e. The molecule has 3 rings (SSSR count). The number of methoxy groups -OCH3 is 1. The molecule has 1 aliphatic rings. The lowest BCUT2D eigenvalue weighted by molar-refractivity contribution is 0.185. The highest BCUT2D eigenvalue weighted by Gasteiger charge is 2.25. The third kappa shape index (κ3) is 5.58. The van der Waals surface area contributed by atoms with Crippen LogP contribution < -0.4 is 10.6 Å². The standard InChI is InChI=1S/C21H30N4O2/c1-22-21(23-14-17-7-9-18(10-8-17)16-26-2)24-15-19(20-6-5-13-27-20)25-11-3-4-12-25/h5-10,13,19H,3-4,11-12,14-16H2,1-2H3,(H2,22,23,24). The summed E-state index contributed by atoms with van der Waals surface area (Å²) in [6.07, 6.45) is 4.26. The molecule has 2 N–H and O–H groups in total. The monoisotopic (exact) mass is 370 g/mol. The van der Waals surface area contributed by atoms with Crippen LogP contribution in [0.4, 0.5) is 0 Å². The highest BCUT2D eigenvalue weighted by atomic mass is 16.5. The van der Waals surface area contributed by atoms with E-state index in [4.69, 9.17) is 9.15 Å². The first-order chi connectivity index (χ1) is 13.3. The van der Waals surface area contributed by atoms with Gasteiger partial charge in [0, 0.05) is 27.2 Å². The molecular weight excluding hydrogens is 340 g/mol. The van der Waals surface area contributed by atoms with Crippen LogP contribution >= 0.6 is 0 Å². The normalized spacial score (nSPS) is 16.4. The molecule has 1 aromatic carbocycles. The lowest BCUT2D eigenvalue weighted by Crippen LogP contribution is -2.42. The predicted octanol–water partition coefficient (Wildman–Crippen LogP) is 2.93. The van der Waals surface area contributed by atoms with Gasteiger partial charge in [-0.1, -0.05) is 24.3 Å². The minimum atomic E-state index is 0.231. The summed E-state index contributed by atoms with van der Waals surface area (Å²) in [4.78, 5) is 6.84. The summed E-state index contributed by atoms with van der Waals surface area (Å²) < 4.78 is 10.8. The fourth-order valence-corrected chi connectivity index (χ4v) is 3.46. The average Bonchev–Trinajstić information content (AvgIpc) is 3.40. The van der Waals surface area contributed by atoms with Crippen molar-refractivity contribution in [1.29, 1.82) is 0 Å². The third-order valence-electron chi connectivity index (χ3n) is 4.93. The number of hydrogen-bond acceptors (Lipinski definition) is 4. The van der Waals surface area contributed by atoms with E-state index < -0.39 is 0 Å². The van der Waals surface area contributed by atoms with Gasteiger partial charge in [-0.2, -0.15) is 0 Å². The number of benzene rings is 1. The molecule has 0 aliphatic carbocycles. The maximum atomic E-state index is 5.68. The molecule has 0 bridgehead atoms. The molecule has 0 amide bonds. The van der Waals surface area contributed by atoms with E-state index in [2.05, 4.69) is 50.9 Å². The number of hydrogen-bond donors (Lipinski definition) is 2. The van der Waals surface area contributed by atoms with Crippen LogP contribution in [0.5, 0.6) is 0 Å². The summed E-state index contributed by atoms with van der Waals surface area (Å²) in [7, 11) is 3.51. The van der Waals surface area contributed by atoms with E-state index in [9.17, 15) is 0 Å². The van der Waals surface area contributed by atoms with Crippen LogP contribution in [-0.4, -0.2) is 44.7 Å². The maximum Gasteiger partial charge on any atom is 0.191 e. The van der Waals surface area contributed by atoms with Gasteiger partial charge in [0.05, 0.1) is 18.9 Å². The van der Waals surface area contributed by atoms with Crippen molar-refractivity contribution in [2.45, 2.75) is 32.0 Å². The molecule has 0 spiro atoms. The van der Waals surface area contributed by atoms with Crippen molar-refractivity contribution in [2.75, 3.05) is 33.8 Å². The number of ether oxygens (including phenoxy) is 1. The number of nitrogens with zero attached hydrogens (tertiary/aromatic N) is 2. The first-order valence-corrected chi connectivity index (χ1v) is 9.59. The molecule has 1 atom stereocenters. The first-order valence-electron chi connectivity index (χ1n) is 9.59. The maximum absolute atomic E-state index is 5.68. The van der Waals surface area contributed by atoms with Crippen molar-refractivity contribution in [3.05, 3.63) is 59.5 Å². The quantitative estimate of drug-likeness (QED) is 0.553. The van der Waals surface area contributed by atoms with Crippen LogP contribution in [0.3, 0.4) is 0 Å². The lowest BCUT2D eigenvalue weighted by atomic mass is 10.1. The van der Waals surface area contributed by atoms with Gasteiger partial charge in [-0.15, -0.1) is 0 Å². The predicted molar refractivity (Wildman–Crippen MR) is 108 cm³/mol. The molecule has 2 heterocycles. The molecule has 2 aromatic rings. The number of aliphatic imine (C=N–C) groups is 1. The topological polar surface area (TPSA) is 62.0 Å². The molecule has 1 aromatic heterocycles. The molecule has 0 radical (unpaired) electrons. The van der Waals surface area contributed by atoms with Gasteiger partial charge in [-0.25, -0.2) is 0 Å². The Morgan fingerprint density at radius 3 is 2.52 bits per heavy atom. The summed E-state index contributed by atoms with van der Waals surface area (Å²) in [6, 6.07) is 12.7. The molecular formula is C21H30N4O2. The smallest absolute Gasteiger partial charge is 0.191 e.